The zero-order valence-electron chi connectivity index (χ0n) is 12.5. The molecule has 0 aliphatic rings. The van der Waals surface area contributed by atoms with Crippen LogP contribution in [0, 0.1) is 0 Å². The van der Waals surface area contributed by atoms with Gasteiger partial charge in [-0.25, -0.2) is 0 Å². The van der Waals surface area contributed by atoms with Gasteiger partial charge in [-0.15, -0.1) is 11.8 Å². The fourth-order valence-electron chi connectivity index (χ4n) is 2.02. The minimum absolute atomic E-state index is 0.0588. The SMILES string of the molecule is CSc1ccc([C@@H](CC(=O)O)NC(=S)Nc2ccncc2)cc1. The molecule has 0 amide bonds. The summed E-state index contributed by atoms with van der Waals surface area (Å²) in [6.45, 7) is 0. The number of thiocarbonyl (C=S) groups is 1. The summed E-state index contributed by atoms with van der Waals surface area (Å²) < 4.78 is 0. The fourth-order valence-corrected chi connectivity index (χ4v) is 2.69. The Morgan fingerprint density at radius 1 is 1.26 bits per heavy atom. The van der Waals surface area contributed by atoms with Gasteiger partial charge in [0.05, 0.1) is 12.5 Å². The number of carbonyl (C=O) groups is 1. The van der Waals surface area contributed by atoms with Crippen molar-refractivity contribution in [1.29, 1.82) is 0 Å². The molecule has 0 fully saturated rings. The maximum atomic E-state index is 11.1. The molecule has 7 heteroatoms. The second-order valence-electron chi connectivity index (χ2n) is 4.76. The lowest BCUT2D eigenvalue weighted by molar-refractivity contribution is -0.137. The number of carboxylic acid groups (broad SMARTS) is 1. The Morgan fingerprint density at radius 3 is 2.48 bits per heavy atom. The van der Waals surface area contributed by atoms with Crippen LogP contribution in [-0.2, 0) is 4.79 Å². The topological polar surface area (TPSA) is 74.2 Å². The largest absolute Gasteiger partial charge is 0.481 e. The minimum Gasteiger partial charge on any atom is -0.481 e. The molecular formula is C16H17N3O2S2. The number of benzene rings is 1. The molecule has 0 aliphatic heterocycles. The number of rotatable bonds is 6. The van der Waals surface area contributed by atoms with Gasteiger partial charge in [-0.2, -0.15) is 0 Å². The van der Waals surface area contributed by atoms with E-state index in [1.54, 1.807) is 36.3 Å². The van der Waals surface area contributed by atoms with Gasteiger partial charge in [0, 0.05) is 23.0 Å². The highest BCUT2D eigenvalue weighted by atomic mass is 32.2. The monoisotopic (exact) mass is 347 g/mol. The van der Waals surface area contributed by atoms with Crippen LogP contribution in [0.15, 0.2) is 53.7 Å². The van der Waals surface area contributed by atoms with Crippen LogP contribution in [0.1, 0.15) is 18.0 Å². The van der Waals surface area contributed by atoms with Gasteiger partial charge in [-0.05, 0) is 48.3 Å². The van der Waals surface area contributed by atoms with Gasteiger partial charge >= 0.3 is 5.97 Å². The Hall–Kier alpha value is -2.12. The molecule has 0 unspecified atom stereocenters. The molecular weight excluding hydrogens is 330 g/mol. The molecule has 120 valence electrons. The van der Waals surface area contributed by atoms with Gasteiger partial charge < -0.3 is 15.7 Å². The number of carboxylic acids is 1. The van der Waals surface area contributed by atoms with Gasteiger partial charge in [0.2, 0.25) is 0 Å². The van der Waals surface area contributed by atoms with Gasteiger partial charge in [-0.3, -0.25) is 9.78 Å². The highest BCUT2D eigenvalue weighted by molar-refractivity contribution is 7.98. The van der Waals surface area contributed by atoms with Crippen LogP contribution in [0.4, 0.5) is 5.69 Å². The lowest BCUT2D eigenvalue weighted by Gasteiger charge is -2.20. The molecule has 0 aliphatic carbocycles. The summed E-state index contributed by atoms with van der Waals surface area (Å²) in [7, 11) is 0. The number of aromatic nitrogens is 1. The van der Waals surface area contributed by atoms with E-state index in [2.05, 4.69) is 15.6 Å². The average molecular weight is 347 g/mol. The number of nitrogens with zero attached hydrogens (tertiary/aromatic N) is 1. The predicted octanol–water partition coefficient (Wildman–Crippen LogP) is 3.31. The first-order valence-electron chi connectivity index (χ1n) is 6.92. The summed E-state index contributed by atoms with van der Waals surface area (Å²) in [6, 6.07) is 10.9. The first-order valence-corrected chi connectivity index (χ1v) is 8.55. The van der Waals surface area contributed by atoms with Gasteiger partial charge in [0.25, 0.3) is 0 Å². The smallest absolute Gasteiger partial charge is 0.305 e. The van der Waals surface area contributed by atoms with Crippen molar-refractivity contribution >= 4 is 40.7 Å². The van der Waals surface area contributed by atoms with E-state index >= 15 is 0 Å². The summed E-state index contributed by atoms with van der Waals surface area (Å²) >= 11 is 6.91. The first kappa shape index (κ1) is 17.2. The molecule has 1 aromatic heterocycles. The highest BCUT2D eigenvalue weighted by Crippen LogP contribution is 2.21. The molecule has 2 rings (SSSR count). The first-order chi connectivity index (χ1) is 11.1. The molecule has 1 heterocycles. The van der Waals surface area contributed by atoms with Crippen molar-refractivity contribution in [2.45, 2.75) is 17.4 Å². The van der Waals surface area contributed by atoms with E-state index in [0.29, 0.717) is 5.11 Å². The third-order valence-corrected chi connectivity index (χ3v) is 4.10. The molecule has 0 saturated heterocycles. The average Bonchev–Trinajstić information content (AvgIpc) is 2.55. The number of hydrogen-bond donors (Lipinski definition) is 3. The van der Waals surface area contributed by atoms with Crippen molar-refractivity contribution in [3.05, 3.63) is 54.4 Å². The Morgan fingerprint density at radius 2 is 1.91 bits per heavy atom. The van der Waals surface area contributed by atoms with Crippen LogP contribution in [-0.4, -0.2) is 27.4 Å². The molecule has 0 saturated carbocycles. The quantitative estimate of drug-likeness (QED) is 0.547. The Bertz CT molecular complexity index is 663. The lowest BCUT2D eigenvalue weighted by Crippen LogP contribution is -2.33. The van der Waals surface area contributed by atoms with E-state index in [1.165, 1.54) is 0 Å². The molecule has 0 spiro atoms. The van der Waals surface area contributed by atoms with Crippen molar-refractivity contribution in [1.82, 2.24) is 10.3 Å². The van der Waals surface area contributed by atoms with Gasteiger partial charge in [-0.1, -0.05) is 12.1 Å². The molecule has 5 nitrogen and oxygen atoms in total. The third kappa shape index (κ3) is 5.54. The predicted molar refractivity (Wildman–Crippen MR) is 96.8 cm³/mol. The van der Waals surface area contributed by atoms with Crippen LogP contribution in [0.2, 0.25) is 0 Å². The number of anilines is 1. The van der Waals surface area contributed by atoms with E-state index in [4.69, 9.17) is 17.3 Å². The van der Waals surface area contributed by atoms with E-state index in [1.807, 2.05) is 30.5 Å². The van der Waals surface area contributed by atoms with Crippen LogP contribution < -0.4 is 10.6 Å². The zero-order valence-corrected chi connectivity index (χ0v) is 14.2. The van der Waals surface area contributed by atoms with Crippen LogP contribution >= 0.6 is 24.0 Å². The molecule has 1 atom stereocenters. The Balaban J connectivity index is 2.08. The Labute approximate surface area is 144 Å². The minimum atomic E-state index is -0.886. The van der Waals surface area contributed by atoms with Crippen LogP contribution in [0.3, 0.4) is 0 Å². The summed E-state index contributed by atoms with van der Waals surface area (Å²) in [4.78, 5) is 16.2. The molecule has 0 bridgehead atoms. The van der Waals surface area contributed by atoms with Gasteiger partial charge in [0.15, 0.2) is 5.11 Å². The molecule has 2 aromatic rings. The Kier molecular flexibility index (Phi) is 6.37. The summed E-state index contributed by atoms with van der Waals surface area (Å²) in [5.41, 5.74) is 1.67. The van der Waals surface area contributed by atoms with E-state index < -0.39 is 12.0 Å². The van der Waals surface area contributed by atoms with Crippen LogP contribution in [0.5, 0.6) is 0 Å². The van der Waals surface area contributed by atoms with Crippen molar-refractivity contribution in [2.75, 3.05) is 11.6 Å². The van der Waals surface area contributed by atoms with Crippen LogP contribution in [0.25, 0.3) is 0 Å². The number of thioether (sulfide) groups is 1. The number of nitrogens with one attached hydrogen (secondary N) is 2. The van der Waals surface area contributed by atoms with Crippen molar-refractivity contribution < 1.29 is 9.90 Å². The normalized spacial score (nSPS) is 11.5. The number of pyridine rings is 1. The fraction of sp³-hybridized carbons (Fsp3) is 0.188. The van der Waals surface area contributed by atoms with Gasteiger partial charge in [0.1, 0.15) is 0 Å². The highest BCUT2D eigenvalue weighted by Gasteiger charge is 2.16. The molecule has 0 radical (unpaired) electrons. The molecule has 3 N–H and O–H groups in total. The maximum absolute atomic E-state index is 11.1. The zero-order chi connectivity index (χ0) is 16.7. The lowest BCUT2D eigenvalue weighted by atomic mass is 10.0. The summed E-state index contributed by atoms with van der Waals surface area (Å²) in [5, 5.41) is 15.6. The molecule has 1 aromatic carbocycles. The van der Waals surface area contributed by atoms with E-state index in [9.17, 15) is 4.79 Å². The second-order valence-corrected chi connectivity index (χ2v) is 6.05. The third-order valence-electron chi connectivity index (χ3n) is 3.14. The van der Waals surface area contributed by atoms with Crippen molar-refractivity contribution in [3.8, 4) is 0 Å². The summed E-state index contributed by atoms with van der Waals surface area (Å²) in [6.07, 6.45) is 5.24. The summed E-state index contributed by atoms with van der Waals surface area (Å²) in [5.74, 6) is -0.886. The van der Waals surface area contributed by atoms with Crippen molar-refractivity contribution in [3.63, 3.8) is 0 Å². The van der Waals surface area contributed by atoms with E-state index in [0.717, 1.165) is 16.1 Å². The molecule has 23 heavy (non-hydrogen) atoms. The standard InChI is InChI=1S/C16H17N3O2S2/c1-23-13-4-2-11(3-5-13)14(10-15(20)21)19-16(22)18-12-6-8-17-9-7-12/h2-9,14H,10H2,1H3,(H,20,21)(H2,17,18,19,22)/t14-/m1/s1. The van der Waals surface area contributed by atoms with E-state index in [-0.39, 0.29) is 6.42 Å². The second kappa shape index (κ2) is 8.50. The number of hydrogen-bond acceptors (Lipinski definition) is 4. The number of aliphatic carboxylic acids is 1. The van der Waals surface area contributed by atoms with Crippen molar-refractivity contribution in [2.24, 2.45) is 0 Å². The maximum Gasteiger partial charge on any atom is 0.305 e.